The van der Waals surface area contributed by atoms with Crippen LogP contribution >= 0.6 is 0 Å². The first-order valence-corrected chi connectivity index (χ1v) is 10.5. The van der Waals surface area contributed by atoms with E-state index >= 15 is 0 Å². The minimum atomic E-state index is -1.25. The predicted molar refractivity (Wildman–Crippen MR) is 115 cm³/mol. The van der Waals surface area contributed by atoms with Crippen molar-refractivity contribution in [1.29, 1.82) is 0 Å². The average Bonchev–Trinajstić information content (AvgIpc) is 2.77. The highest BCUT2D eigenvalue weighted by molar-refractivity contribution is 5.81. The molecule has 0 fully saturated rings. The number of carbonyl (C=O) groups excluding carboxylic acids is 1. The Morgan fingerprint density at radius 2 is 1.77 bits per heavy atom. The van der Waals surface area contributed by atoms with Crippen LogP contribution in [0, 0.1) is 5.41 Å². The summed E-state index contributed by atoms with van der Waals surface area (Å²) in [5.41, 5.74) is 1.25. The smallest absolute Gasteiger partial charge is 0.249 e. The summed E-state index contributed by atoms with van der Waals surface area (Å²) >= 11 is 0. The van der Waals surface area contributed by atoms with Gasteiger partial charge in [0.1, 0.15) is 17.6 Å². The molecular formula is C24H31NO5. The van der Waals surface area contributed by atoms with Gasteiger partial charge in [-0.15, -0.1) is 0 Å². The zero-order valence-electron chi connectivity index (χ0n) is 17.6. The second kappa shape index (κ2) is 10.1. The number of aliphatic hydroxyl groups excluding tert-OH is 2. The molecular weight excluding hydrogens is 382 g/mol. The van der Waals surface area contributed by atoms with Crippen LogP contribution in [0.15, 0.2) is 48.5 Å². The molecule has 3 N–H and O–H groups in total. The third-order valence-electron chi connectivity index (χ3n) is 5.66. The fraction of sp³-hybridized carbons (Fsp3) is 0.458. The number of ether oxygens (including phenoxy) is 2. The number of para-hydroxylation sites is 2. The molecule has 6 heteroatoms. The molecule has 0 saturated heterocycles. The maximum absolute atomic E-state index is 12.6. The summed E-state index contributed by atoms with van der Waals surface area (Å²) < 4.78 is 11.8. The van der Waals surface area contributed by atoms with Crippen LogP contribution in [0.3, 0.4) is 0 Å². The molecule has 30 heavy (non-hydrogen) atoms. The molecule has 2 aromatic carbocycles. The Morgan fingerprint density at radius 3 is 2.33 bits per heavy atom. The Balaban J connectivity index is 1.92. The van der Waals surface area contributed by atoms with Crippen LogP contribution in [-0.2, 0) is 9.53 Å². The van der Waals surface area contributed by atoms with Crippen LogP contribution in [-0.4, -0.2) is 48.6 Å². The molecule has 0 spiro atoms. The van der Waals surface area contributed by atoms with Crippen molar-refractivity contribution in [1.82, 2.24) is 5.32 Å². The molecule has 0 aliphatic carbocycles. The molecule has 2 aromatic rings. The van der Waals surface area contributed by atoms with Crippen molar-refractivity contribution >= 4 is 5.91 Å². The number of aliphatic hydroxyl groups is 2. The minimum absolute atomic E-state index is 0.0117. The Kier molecular flexibility index (Phi) is 7.48. The van der Waals surface area contributed by atoms with Gasteiger partial charge in [0.25, 0.3) is 0 Å². The molecule has 1 aliphatic rings. The normalized spacial score (nSPS) is 16.0. The molecule has 1 aliphatic heterocycles. The van der Waals surface area contributed by atoms with E-state index in [1.54, 1.807) is 0 Å². The average molecular weight is 414 g/mol. The number of carbonyl (C=O) groups is 1. The second-order valence-electron chi connectivity index (χ2n) is 8.00. The van der Waals surface area contributed by atoms with Crippen LogP contribution in [0.1, 0.15) is 43.7 Å². The van der Waals surface area contributed by atoms with Gasteiger partial charge < -0.3 is 25.0 Å². The van der Waals surface area contributed by atoms with Crippen LogP contribution in [0.5, 0.6) is 11.5 Å². The zero-order chi connectivity index (χ0) is 21.6. The fourth-order valence-corrected chi connectivity index (χ4v) is 3.98. The fourth-order valence-electron chi connectivity index (χ4n) is 3.98. The van der Waals surface area contributed by atoms with Crippen LogP contribution < -0.4 is 10.1 Å². The Hall–Kier alpha value is -2.41. The van der Waals surface area contributed by atoms with Gasteiger partial charge in [-0.05, 0) is 31.9 Å². The first kappa shape index (κ1) is 22.3. The van der Waals surface area contributed by atoms with Crippen LogP contribution in [0.25, 0.3) is 0 Å². The van der Waals surface area contributed by atoms with Crippen molar-refractivity contribution in [3.63, 3.8) is 0 Å². The number of hydrogen-bond donors (Lipinski definition) is 3. The van der Waals surface area contributed by atoms with Gasteiger partial charge >= 0.3 is 0 Å². The summed E-state index contributed by atoms with van der Waals surface area (Å²) in [6.07, 6.45) is -0.287. The molecule has 1 amide bonds. The van der Waals surface area contributed by atoms with Gasteiger partial charge in [0.05, 0.1) is 6.61 Å². The van der Waals surface area contributed by atoms with E-state index in [4.69, 9.17) is 14.6 Å². The number of benzene rings is 2. The molecule has 2 atom stereocenters. The monoisotopic (exact) mass is 413 g/mol. The number of nitrogens with one attached hydrogen (secondary N) is 1. The summed E-state index contributed by atoms with van der Waals surface area (Å²) in [5, 5.41) is 22.7. The third kappa shape index (κ3) is 4.83. The Labute approximate surface area is 177 Å². The molecule has 1 heterocycles. The number of hydrogen-bond acceptors (Lipinski definition) is 5. The second-order valence-corrected chi connectivity index (χ2v) is 8.00. The Morgan fingerprint density at radius 1 is 1.17 bits per heavy atom. The lowest BCUT2D eigenvalue weighted by atomic mass is 9.71. The standard InChI is InChI=1S/C24H31NO5/c1-3-29-16-24(2,22(27)23(28)25-13-8-14-26)15-19-17-9-4-6-11-20(17)30-21-12-7-5-10-18(19)21/h4-7,9-12,19,22,26-27H,3,8,13-16H2,1-2H3,(H,25,28). The van der Waals surface area contributed by atoms with E-state index in [0.29, 0.717) is 26.0 Å². The van der Waals surface area contributed by atoms with E-state index < -0.39 is 17.4 Å². The first-order chi connectivity index (χ1) is 14.5. The van der Waals surface area contributed by atoms with Gasteiger partial charge in [-0.3, -0.25) is 4.79 Å². The van der Waals surface area contributed by atoms with Crippen molar-refractivity contribution < 1.29 is 24.5 Å². The van der Waals surface area contributed by atoms with E-state index in [9.17, 15) is 9.90 Å². The quantitative estimate of drug-likeness (QED) is 0.521. The van der Waals surface area contributed by atoms with E-state index in [0.717, 1.165) is 22.6 Å². The molecule has 2 unspecified atom stereocenters. The topological polar surface area (TPSA) is 88.0 Å². The molecule has 3 rings (SSSR count). The maximum Gasteiger partial charge on any atom is 0.249 e. The van der Waals surface area contributed by atoms with E-state index in [-0.39, 0.29) is 19.1 Å². The van der Waals surface area contributed by atoms with Gasteiger partial charge in [0.15, 0.2) is 0 Å². The molecule has 6 nitrogen and oxygen atoms in total. The van der Waals surface area contributed by atoms with Gasteiger partial charge in [-0.1, -0.05) is 43.3 Å². The molecule has 162 valence electrons. The van der Waals surface area contributed by atoms with Crippen molar-refractivity contribution in [2.45, 2.75) is 38.7 Å². The highest BCUT2D eigenvalue weighted by Crippen LogP contribution is 2.49. The largest absolute Gasteiger partial charge is 0.457 e. The third-order valence-corrected chi connectivity index (χ3v) is 5.66. The minimum Gasteiger partial charge on any atom is -0.457 e. The van der Waals surface area contributed by atoms with E-state index in [2.05, 4.69) is 5.32 Å². The van der Waals surface area contributed by atoms with Gasteiger partial charge in [-0.2, -0.15) is 0 Å². The SMILES string of the molecule is CCOCC(C)(CC1c2ccccc2Oc2ccccc21)C(O)C(=O)NCCCO. The molecule has 0 radical (unpaired) electrons. The summed E-state index contributed by atoms with van der Waals surface area (Å²) in [6, 6.07) is 15.8. The number of amides is 1. The molecule has 0 aromatic heterocycles. The molecule has 0 bridgehead atoms. The number of rotatable bonds is 10. The van der Waals surface area contributed by atoms with Crippen molar-refractivity contribution in [2.75, 3.05) is 26.4 Å². The zero-order valence-corrected chi connectivity index (χ0v) is 17.6. The highest BCUT2D eigenvalue weighted by Gasteiger charge is 2.42. The van der Waals surface area contributed by atoms with E-state index in [1.807, 2.05) is 62.4 Å². The first-order valence-electron chi connectivity index (χ1n) is 10.5. The molecule has 0 saturated carbocycles. The van der Waals surface area contributed by atoms with Gasteiger partial charge in [0.2, 0.25) is 5.91 Å². The maximum atomic E-state index is 12.6. The summed E-state index contributed by atoms with van der Waals surface area (Å²) in [4.78, 5) is 12.6. The number of fused-ring (bicyclic) bond motifs is 2. The summed E-state index contributed by atoms with van der Waals surface area (Å²) in [5.74, 6) is 1.10. The van der Waals surface area contributed by atoms with Crippen molar-refractivity contribution in [3.05, 3.63) is 59.7 Å². The van der Waals surface area contributed by atoms with Crippen molar-refractivity contribution in [2.24, 2.45) is 5.41 Å². The van der Waals surface area contributed by atoms with Gasteiger partial charge in [-0.25, -0.2) is 0 Å². The highest BCUT2D eigenvalue weighted by atomic mass is 16.5. The van der Waals surface area contributed by atoms with Crippen molar-refractivity contribution in [3.8, 4) is 11.5 Å². The lowest BCUT2D eigenvalue weighted by molar-refractivity contribution is -0.140. The summed E-state index contributed by atoms with van der Waals surface area (Å²) in [6.45, 7) is 4.84. The van der Waals surface area contributed by atoms with Crippen LogP contribution in [0.2, 0.25) is 0 Å². The summed E-state index contributed by atoms with van der Waals surface area (Å²) in [7, 11) is 0. The van der Waals surface area contributed by atoms with Crippen LogP contribution in [0.4, 0.5) is 0 Å². The lowest BCUT2D eigenvalue weighted by Crippen LogP contribution is -2.48. The Bertz CT molecular complexity index is 809. The van der Waals surface area contributed by atoms with E-state index in [1.165, 1.54) is 0 Å². The lowest BCUT2D eigenvalue weighted by Gasteiger charge is -2.38. The predicted octanol–water partition coefficient (Wildman–Crippen LogP) is 3.22. The van der Waals surface area contributed by atoms with Gasteiger partial charge in [0, 0.05) is 42.2 Å².